The Morgan fingerprint density at radius 1 is 1.15 bits per heavy atom. The van der Waals surface area contributed by atoms with E-state index in [4.69, 9.17) is 4.74 Å². The lowest BCUT2D eigenvalue weighted by molar-refractivity contribution is -0.126. The Balaban J connectivity index is 1.68. The zero-order valence-corrected chi connectivity index (χ0v) is 16.1. The van der Waals surface area contributed by atoms with E-state index in [1.165, 1.54) is 12.1 Å². The summed E-state index contributed by atoms with van der Waals surface area (Å²) in [5, 5.41) is 0. The predicted molar refractivity (Wildman–Crippen MR) is 97.3 cm³/mol. The van der Waals surface area contributed by atoms with Crippen LogP contribution in [0.2, 0.25) is 0 Å². The van der Waals surface area contributed by atoms with E-state index in [1.54, 1.807) is 0 Å². The van der Waals surface area contributed by atoms with Crippen LogP contribution in [0, 0.1) is 17.6 Å². The first-order chi connectivity index (χ1) is 12.6. The lowest BCUT2D eigenvalue weighted by Crippen LogP contribution is -2.56. The van der Waals surface area contributed by atoms with E-state index in [0.29, 0.717) is 12.8 Å². The summed E-state index contributed by atoms with van der Waals surface area (Å²) in [4.78, 5) is 27.2. The molecule has 27 heavy (non-hydrogen) atoms. The molecule has 1 amide bonds. The number of Topliss-reactive ketones (excluding diaryl/α,β-unsaturated/α-hetero) is 1. The first kappa shape index (κ1) is 19.8. The van der Waals surface area contributed by atoms with Crippen molar-refractivity contribution in [2.75, 3.05) is 0 Å². The minimum Gasteiger partial charge on any atom is -0.444 e. The van der Waals surface area contributed by atoms with Gasteiger partial charge in [0.1, 0.15) is 23.0 Å². The van der Waals surface area contributed by atoms with Crippen LogP contribution in [0.15, 0.2) is 18.2 Å². The van der Waals surface area contributed by atoms with Crippen molar-refractivity contribution >= 4 is 11.9 Å². The van der Waals surface area contributed by atoms with Crippen molar-refractivity contribution in [3.8, 4) is 0 Å². The third kappa shape index (κ3) is 4.66. The number of ketones is 1. The maximum Gasteiger partial charge on any atom is 0.410 e. The van der Waals surface area contributed by atoms with Crippen LogP contribution >= 0.6 is 0 Å². The Bertz CT molecular complexity index is 715. The highest BCUT2D eigenvalue weighted by atomic mass is 19.1. The SMILES string of the molecule is CC(C)(C)OC(=O)N1C2CCCC1CC(C(=O)Cc1ccc(F)cc1F)C2. The van der Waals surface area contributed by atoms with Gasteiger partial charge in [-0.2, -0.15) is 0 Å². The van der Waals surface area contributed by atoms with Crippen LogP contribution in [0.5, 0.6) is 0 Å². The van der Waals surface area contributed by atoms with Crippen LogP contribution in [0.25, 0.3) is 0 Å². The van der Waals surface area contributed by atoms with Gasteiger partial charge in [-0.25, -0.2) is 13.6 Å². The molecule has 4 nitrogen and oxygen atoms in total. The summed E-state index contributed by atoms with van der Waals surface area (Å²) in [6.45, 7) is 5.52. The molecule has 2 aliphatic heterocycles. The second-order valence-corrected chi connectivity index (χ2v) is 8.67. The molecule has 148 valence electrons. The summed E-state index contributed by atoms with van der Waals surface area (Å²) in [5.41, 5.74) is -0.334. The Morgan fingerprint density at radius 3 is 2.33 bits per heavy atom. The third-order valence-corrected chi connectivity index (χ3v) is 5.41. The highest BCUT2D eigenvalue weighted by Gasteiger charge is 2.44. The van der Waals surface area contributed by atoms with Gasteiger partial charge >= 0.3 is 6.09 Å². The first-order valence-corrected chi connectivity index (χ1v) is 9.62. The van der Waals surface area contributed by atoms with E-state index in [2.05, 4.69) is 0 Å². The number of carbonyl (C=O) groups is 2. The number of nitrogens with zero attached hydrogens (tertiary/aromatic N) is 1. The van der Waals surface area contributed by atoms with Crippen molar-refractivity contribution in [3.63, 3.8) is 0 Å². The van der Waals surface area contributed by atoms with Crippen LogP contribution < -0.4 is 0 Å². The lowest BCUT2D eigenvalue weighted by atomic mass is 9.76. The van der Waals surface area contributed by atoms with Crippen molar-refractivity contribution in [1.29, 1.82) is 0 Å². The van der Waals surface area contributed by atoms with Crippen LogP contribution in [-0.4, -0.2) is 34.5 Å². The number of carbonyl (C=O) groups excluding carboxylic acids is 2. The topological polar surface area (TPSA) is 46.6 Å². The summed E-state index contributed by atoms with van der Waals surface area (Å²) in [5.74, 6) is -1.58. The van der Waals surface area contributed by atoms with Crippen molar-refractivity contribution in [2.24, 2.45) is 5.92 Å². The Morgan fingerprint density at radius 2 is 1.78 bits per heavy atom. The lowest BCUT2D eigenvalue weighted by Gasteiger charge is -2.48. The molecule has 0 aromatic heterocycles. The highest BCUT2D eigenvalue weighted by Crippen LogP contribution is 2.38. The number of benzene rings is 1. The van der Waals surface area contributed by atoms with Gasteiger partial charge < -0.3 is 9.64 Å². The van der Waals surface area contributed by atoms with Gasteiger partial charge in [0, 0.05) is 30.5 Å². The van der Waals surface area contributed by atoms with E-state index in [0.717, 1.165) is 25.3 Å². The largest absolute Gasteiger partial charge is 0.444 e. The zero-order valence-electron chi connectivity index (χ0n) is 16.1. The number of amides is 1. The second kappa shape index (κ2) is 7.56. The Labute approximate surface area is 158 Å². The van der Waals surface area contributed by atoms with E-state index in [9.17, 15) is 18.4 Å². The second-order valence-electron chi connectivity index (χ2n) is 8.67. The first-order valence-electron chi connectivity index (χ1n) is 9.62. The van der Waals surface area contributed by atoms with Crippen molar-refractivity contribution in [3.05, 3.63) is 35.4 Å². The van der Waals surface area contributed by atoms with Crippen molar-refractivity contribution in [1.82, 2.24) is 4.90 Å². The number of fused-ring (bicyclic) bond motifs is 2. The fourth-order valence-electron chi connectivity index (χ4n) is 4.25. The molecule has 6 heteroatoms. The van der Waals surface area contributed by atoms with Gasteiger partial charge in [-0.15, -0.1) is 0 Å². The van der Waals surface area contributed by atoms with Crippen molar-refractivity contribution in [2.45, 2.75) is 77.0 Å². The number of piperidine rings is 2. The van der Waals surface area contributed by atoms with Gasteiger partial charge in [-0.05, 0) is 64.5 Å². The molecule has 0 spiro atoms. The fourth-order valence-corrected chi connectivity index (χ4v) is 4.25. The van der Waals surface area contributed by atoms with Crippen LogP contribution in [-0.2, 0) is 16.0 Å². The molecule has 1 aromatic carbocycles. The number of halogens is 2. The molecule has 0 aliphatic carbocycles. The Kier molecular flexibility index (Phi) is 5.54. The number of hydrogen-bond acceptors (Lipinski definition) is 3. The summed E-state index contributed by atoms with van der Waals surface area (Å²) < 4.78 is 32.5. The molecule has 2 saturated heterocycles. The minimum atomic E-state index is -0.685. The fraction of sp³-hybridized carbons (Fsp3) is 0.619. The summed E-state index contributed by atoms with van der Waals surface area (Å²) in [7, 11) is 0. The molecular formula is C21H27F2NO3. The zero-order chi connectivity index (χ0) is 19.8. The number of ether oxygens (including phenoxy) is 1. The maximum absolute atomic E-state index is 13.9. The van der Waals surface area contributed by atoms with Gasteiger partial charge in [-0.1, -0.05) is 6.07 Å². The molecule has 2 unspecified atom stereocenters. The van der Waals surface area contributed by atoms with Gasteiger partial charge in [0.05, 0.1) is 0 Å². The van der Waals surface area contributed by atoms with Crippen LogP contribution in [0.1, 0.15) is 58.4 Å². The number of rotatable bonds is 3. The smallest absolute Gasteiger partial charge is 0.410 e. The van der Waals surface area contributed by atoms with Gasteiger partial charge in [-0.3, -0.25) is 4.79 Å². The molecule has 1 aromatic rings. The molecule has 2 fully saturated rings. The van der Waals surface area contributed by atoms with Gasteiger partial charge in [0.15, 0.2) is 0 Å². The molecule has 0 N–H and O–H groups in total. The normalized spacial score (nSPS) is 25.2. The predicted octanol–water partition coefficient (Wildman–Crippen LogP) is 4.64. The molecule has 2 atom stereocenters. The van der Waals surface area contributed by atoms with E-state index >= 15 is 0 Å². The molecule has 0 saturated carbocycles. The van der Waals surface area contributed by atoms with E-state index in [1.807, 2.05) is 25.7 Å². The number of hydrogen-bond donors (Lipinski definition) is 0. The molecule has 2 bridgehead atoms. The average molecular weight is 379 g/mol. The van der Waals surface area contributed by atoms with E-state index < -0.39 is 17.2 Å². The van der Waals surface area contributed by atoms with Gasteiger partial charge in [0.25, 0.3) is 0 Å². The highest BCUT2D eigenvalue weighted by molar-refractivity contribution is 5.84. The maximum atomic E-state index is 13.9. The summed E-state index contributed by atoms with van der Waals surface area (Å²) in [6, 6.07) is 3.28. The quantitative estimate of drug-likeness (QED) is 0.768. The molecule has 3 rings (SSSR count). The third-order valence-electron chi connectivity index (χ3n) is 5.41. The molecular weight excluding hydrogens is 352 g/mol. The summed E-state index contributed by atoms with van der Waals surface area (Å²) in [6.07, 6.45) is 3.54. The Hall–Kier alpha value is -1.98. The van der Waals surface area contributed by atoms with Crippen molar-refractivity contribution < 1.29 is 23.1 Å². The van der Waals surface area contributed by atoms with Crippen LogP contribution in [0.4, 0.5) is 13.6 Å². The van der Waals surface area contributed by atoms with E-state index in [-0.39, 0.29) is 41.9 Å². The minimum absolute atomic E-state index is 0.0145. The molecule has 2 aliphatic rings. The monoisotopic (exact) mass is 379 g/mol. The van der Waals surface area contributed by atoms with Crippen LogP contribution in [0.3, 0.4) is 0 Å². The average Bonchev–Trinajstić information content (AvgIpc) is 2.54. The summed E-state index contributed by atoms with van der Waals surface area (Å²) >= 11 is 0. The molecule has 0 radical (unpaired) electrons. The molecule has 2 heterocycles. The standard InChI is InChI=1S/C21H27F2NO3/c1-21(2,3)27-20(26)24-16-5-4-6-17(24)10-14(9-16)19(25)11-13-7-8-15(22)12-18(13)23/h7-8,12,14,16-17H,4-6,9-11H2,1-3H3. The van der Waals surface area contributed by atoms with Gasteiger partial charge in [0.2, 0.25) is 0 Å².